The van der Waals surface area contributed by atoms with Crippen LogP contribution >= 0.6 is 0 Å². The number of rotatable bonds is 5. The molecule has 1 aliphatic heterocycles. The second-order valence-electron chi connectivity index (χ2n) is 6.85. The van der Waals surface area contributed by atoms with E-state index in [1.54, 1.807) is 25.1 Å². The fourth-order valence-corrected chi connectivity index (χ4v) is 6.19. The van der Waals surface area contributed by atoms with Gasteiger partial charge < -0.3 is 4.74 Å². The van der Waals surface area contributed by atoms with Crippen molar-refractivity contribution in [3.63, 3.8) is 0 Å². The fourth-order valence-electron chi connectivity index (χ4n) is 3.27. The van der Waals surface area contributed by atoms with Gasteiger partial charge in [0.2, 0.25) is 10.0 Å². The summed E-state index contributed by atoms with van der Waals surface area (Å²) in [4.78, 5) is 0.0919. The normalized spacial score (nSPS) is 16.6. The standard InChI is InChI=1S/C19H24N2O5S2/c1-14-6-8-18(26-3)17(12-14)20-28(24,25)19-9-7-16(13-15(19)2)21-10-4-5-11-27(21,22)23/h6-9,12-13,20H,4-5,10-11H2,1-3H3. The van der Waals surface area contributed by atoms with E-state index in [0.29, 0.717) is 35.7 Å². The topological polar surface area (TPSA) is 92.8 Å². The lowest BCUT2D eigenvalue weighted by molar-refractivity contribution is 0.417. The molecule has 152 valence electrons. The van der Waals surface area contributed by atoms with Crippen LogP contribution in [0.2, 0.25) is 0 Å². The molecule has 1 aliphatic rings. The molecule has 2 aromatic rings. The average molecular weight is 425 g/mol. The Kier molecular flexibility index (Phi) is 5.58. The third-order valence-corrected chi connectivity index (χ3v) is 8.08. The van der Waals surface area contributed by atoms with E-state index in [4.69, 9.17) is 4.74 Å². The first-order valence-electron chi connectivity index (χ1n) is 8.92. The van der Waals surface area contributed by atoms with Gasteiger partial charge in [0.25, 0.3) is 10.0 Å². The zero-order valence-electron chi connectivity index (χ0n) is 16.1. The van der Waals surface area contributed by atoms with Crippen LogP contribution in [0.4, 0.5) is 11.4 Å². The van der Waals surface area contributed by atoms with Crippen molar-refractivity contribution >= 4 is 31.4 Å². The van der Waals surface area contributed by atoms with Gasteiger partial charge in [-0.3, -0.25) is 9.03 Å². The third-order valence-electron chi connectivity index (χ3n) is 4.68. The van der Waals surface area contributed by atoms with Gasteiger partial charge in [-0.25, -0.2) is 16.8 Å². The summed E-state index contributed by atoms with van der Waals surface area (Å²) in [5, 5.41) is 0. The van der Waals surface area contributed by atoms with E-state index in [9.17, 15) is 16.8 Å². The van der Waals surface area contributed by atoms with Crippen LogP contribution in [0.3, 0.4) is 0 Å². The molecule has 1 fully saturated rings. The first-order chi connectivity index (χ1) is 13.1. The summed E-state index contributed by atoms with van der Waals surface area (Å²) >= 11 is 0. The molecule has 2 aromatic carbocycles. The fraction of sp³-hybridized carbons (Fsp3) is 0.368. The molecule has 28 heavy (non-hydrogen) atoms. The van der Waals surface area contributed by atoms with E-state index >= 15 is 0 Å². The molecule has 1 heterocycles. The van der Waals surface area contributed by atoms with Crippen molar-refractivity contribution in [2.45, 2.75) is 31.6 Å². The van der Waals surface area contributed by atoms with E-state index in [-0.39, 0.29) is 10.6 Å². The molecule has 0 aromatic heterocycles. The summed E-state index contributed by atoms with van der Waals surface area (Å²) in [5.74, 6) is 0.531. The predicted molar refractivity (Wildman–Crippen MR) is 110 cm³/mol. The molecule has 0 radical (unpaired) electrons. The number of nitrogens with zero attached hydrogens (tertiary/aromatic N) is 1. The van der Waals surface area contributed by atoms with Gasteiger partial charge in [0.15, 0.2) is 0 Å². The van der Waals surface area contributed by atoms with Crippen LogP contribution in [0.25, 0.3) is 0 Å². The molecule has 7 nitrogen and oxygen atoms in total. The number of ether oxygens (including phenoxy) is 1. The van der Waals surface area contributed by atoms with Gasteiger partial charge in [-0.15, -0.1) is 0 Å². The molecular weight excluding hydrogens is 400 g/mol. The van der Waals surface area contributed by atoms with Crippen LogP contribution in [0.15, 0.2) is 41.3 Å². The molecular formula is C19H24N2O5S2. The summed E-state index contributed by atoms with van der Waals surface area (Å²) < 4.78 is 59.6. The molecule has 0 aliphatic carbocycles. The quantitative estimate of drug-likeness (QED) is 0.796. The summed E-state index contributed by atoms with van der Waals surface area (Å²) in [6, 6.07) is 9.81. The molecule has 1 N–H and O–H groups in total. The van der Waals surface area contributed by atoms with Gasteiger partial charge in [-0.1, -0.05) is 6.07 Å². The Bertz CT molecular complexity index is 1100. The van der Waals surface area contributed by atoms with Gasteiger partial charge >= 0.3 is 0 Å². The van der Waals surface area contributed by atoms with Gasteiger partial charge in [0.1, 0.15) is 5.75 Å². The first-order valence-corrected chi connectivity index (χ1v) is 12.0. The van der Waals surface area contributed by atoms with E-state index < -0.39 is 20.0 Å². The molecule has 9 heteroatoms. The monoisotopic (exact) mass is 424 g/mol. The predicted octanol–water partition coefficient (Wildman–Crippen LogP) is 3.04. The summed E-state index contributed by atoms with van der Waals surface area (Å²) in [5.41, 5.74) is 2.20. The van der Waals surface area contributed by atoms with Crippen LogP contribution in [0.1, 0.15) is 24.0 Å². The highest BCUT2D eigenvalue weighted by molar-refractivity contribution is 7.93. The minimum atomic E-state index is -3.87. The van der Waals surface area contributed by atoms with Crippen LogP contribution in [-0.2, 0) is 20.0 Å². The van der Waals surface area contributed by atoms with Crippen LogP contribution in [0, 0.1) is 13.8 Å². The number of benzene rings is 2. The van der Waals surface area contributed by atoms with E-state index in [2.05, 4.69) is 4.72 Å². The van der Waals surface area contributed by atoms with Crippen molar-refractivity contribution < 1.29 is 21.6 Å². The van der Waals surface area contributed by atoms with E-state index in [0.717, 1.165) is 12.0 Å². The maximum atomic E-state index is 12.9. The van der Waals surface area contributed by atoms with Crippen molar-refractivity contribution in [2.24, 2.45) is 0 Å². The summed E-state index contributed by atoms with van der Waals surface area (Å²) in [6.07, 6.45) is 1.43. The Balaban J connectivity index is 1.94. The number of nitrogens with one attached hydrogen (secondary N) is 1. The summed E-state index contributed by atoms with van der Waals surface area (Å²) in [7, 11) is -5.75. The second kappa shape index (κ2) is 7.63. The molecule has 3 rings (SSSR count). The zero-order chi connectivity index (χ0) is 20.5. The van der Waals surface area contributed by atoms with Crippen molar-refractivity contribution in [3.8, 4) is 5.75 Å². The SMILES string of the molecule is COc1ccc(C)cc1NS(=O)(=O)c1ccc(N2CCCCS2(=O)=O)cc1C. The number of hydrogen-bond donors (Lipinski definition) is 1. The van der Waals surface area contributed by atoms with Gasteiger partial charge in [0, 0.05) is 6.54 Å². The zero-order valence-corrected chi connectivity index (χ0v) is 17.7. The smallest absolute Gasteiger partial charge is 0.262 e. The average Bonchev–Trinajstić information content (AvgIpc) is 2.61. The largest absolute Gasteiger partial charge is 0.495 e. The van der Waals surface area contributed by atoms with Crippen LogP contribution in [-0.4, -0.2) is 36.2 Å². The van der Waals surface area contributed by atoms with Gasteiger partial charge in [-0.05, 0) is 68.1 Å². The number of hydrogen-bond acceptors (Lipinski definition) is 5. The highest BCUT2D eigenvalue weighted by Crippen LogP contribution is 2.31. The van der Waals surface area contributed by atoms with Gasteiger partial charge in [0.05, 0.1) is 29.1 Å². The van der Waals surface area contributed by atoms with E-state index in [1.165, 1.54) is 23.5 Å². The Labute approximate surface area is 166 Å². The van der Waals surface area contributed by atoms with Crippen LogP contribution in [0.5, 0.6) is 5.75 Å². The van der Waals surface area contributed by atoms with Crippen molar-refractivity contribution in [3.05, 3.63) is 47.5 Å². The molecule has 1 saturated heterocycles. The van der Waals surface area contributed by atoms with Crippen molar-refractivity contribution in [1.29, 1.82) is 0 Å². The minimum absolute atomic E-state index is 0.0919. The number of anilines is 2. The number of aryl methyl sites for hydroxylation is 2. The lowest BCUT2D eigenvalue weighted by atomic mass is 10.2. The molecule has 0 spiro atoms. The van der Waals surface area contributed by atoms with Crippen molar-refractivity contribution in [2.75, 3.05) is 28.4 Å². The lowest BCUT2D eigenvalue weighted by Crippen LogP contribution is -2.37. The third kappa shape index (κ3) is 4.10. The maximum absolute atomic E-state index is 12.9. The summed E-state index contributed by atoms with van der Waals surface area (Å²) in [6.45, 7) is 3.92. The van der Waals surface area contributed by atoms with Crippen LogP contribution < -0.4 is 13.8 Å². The second-order valence-corrected chi connectivity index (χ2v) is 10.5. The lowest BCUT2D eigenvalue weighted by Gasteiger charge is -2.28. The maximum Gasteiger partial charge on any atom is 0.262 e. The molecule has 0 unspecified atom stereocenters. The van der Waals surface area contributed by atoms with Gasteiger partial charge in [-0.2, -0.15) is 0 Å². The Hall–Kier alpha value is -2.26. The first kappa shape index (κ1) is 20.5. The number of methoxy groups -OCH3 is 1. The molecule has 0 bridgehead atoms. The van der Waals surface area contributed by atoms with E-state index in [1.807, 2.05) is 13.0 Å². The highest BCUT2D eigenvalue weighted by atomic mass is 32.2. The Morgan fingerprint density at radius 1 is 1.07 bits per heavy atom. The minimum Gasteiger partial charge on any atom is -0.495 e. The Morgan fingerprint density at radius 2 is 1.82 bits per heavy atom. The molecule has 0 amide bonds. The Morgan fingerprint density at radius 3 is 2.46 bits per heavy atom. The molecule has 0 saturated carbocycles. The highest BCUT2D eigenvalue weighted by Gasteiger charge is 2.27. The van der Waals surface area contributed by atoms with Crippen molar-refractivity contribution in [1.82, 2.24) is 0 Å². The molecule has 0 atom stereocenters. The number of sulfonamides is 2.